The molecule has 1 heterocycles. The standard InChI is InChI=1S/C7H15BO3/c1-4-5(10)7(2,3-9)11-6(4)8/h4-6,9-10H,3,8H2,1-2H3/t4-,5?,6+,7+/m0/s1. The first-order valence-corrected chi connectivity index (χ1v) is 3.98. The molecular weight excluding hydrogens is 143 g/mol. The highest BCUT2D eigenvalue weighted by molar-refractivity contribution is 6.11. The first-order valence-electron chi connectivity index (χ1n) is 3.98. The molecule has 1 aliphatic rings. The van der Waals surface area contributed by atoms with E-state index >= 15 is 0 Å². The minimum Gasteiger partial charge on any atom is -0.393 e. The molecule has 0 radical (unpaired) electrons. The molecule has 1 fully saturated rings. The van der Waals surface area contributed by atoms with Crippen molar-refractivity contribution in [1.82, 2.24) is 0 Å². The van der Waals surface area contributed by atoms with Gasteiger partial charge < -0.3 is 14.9 Å². The van der Waals surface area contributed by atoms with Crippen molar-refractivity contribution in [2.45, 2.75) is 31.6 Å². The number of hydrogen-bond acceptors (Lipinski definition) is 3. The molecule has 1 unspecified atom stereocenters. The molecule has 0 saturated carbocycles. The summed E-state index contributed by atoms with van der Waals surface area (Å²) in [5, 5.41) is 18.5. The molecule has 2 N–H and O–H groups in total. The molecule has 11 heavy (non-hydrogen) atoms. The van der Waals surface area contributed by atoms with E-state index < -0.39 is 11.7 Å². The van der Waals surface area contributed by atoms with Gasteiger partial charge in [-0.05, 0) is 6.92 Å². The van der Waals surface area contributed by atoms with E-state index in [0.717, 1.165) is 0 Å². The number of aliphatic hydroxyl groups is 2. The number of hydrogen-bond donors (Lipinski definition) is 2. The first-order chi connectivity index (χ1) is 5.01. The summed E-state index contributed by atoms with van der Waals surface area (Å²) in [6.45, 7) is 3.54. The molecule has 4 heteroatoms. The fraction of sp³-hybridized carbons (Fsp3) is 1.00. The van der Waals surface area contributed by atoms with Gasteiger partial charge in [0.2, 0.25) is 0 Å². The Morgan fingerprint density at radius 3 is 2.36 bits per heavy atom. The van der Waals surface area contributed by atoms with Crippen LogP contribution in [0.4, 0.5) is 0 Å². The van der Waals surface area contributed by atoms with Gasteiger partial charge in [-0.2, -0.15) is 0 Å². The predicted octanol–water partition coefficient (Wildman–Crippen LogP) is -1.28. The topological polar surface area (TPSA) is 49.7 Å². The summed E-state index contributed by atoms with van der Waals surface area (Å²) in [4.78, 5) is 0. The molecule has 1 rings (SSSR count). The van der Waals surface area contributed by atoms with Crippen LogP contribution in [0, 0.1) is 5.92 Å². The zero-order valence-corrected chi connectivity index (χ0v) is 7.24. The second-order valence-electron chi connectivity index (χ2n) is 3.60. The molecule has 4 atom stereocenters. The molecular formula is C7H15BO3. The van der Waals surface area contributed by atoms with Gasteiger partial charge in [-0.3, -0.25) is 0 Å². The molecule has 0 spiro atoms. The van der Waals surface area contributed by atoms with E-state index in [1.54, 1.807) is 6.92 Å². The summed E-state index contributed by atoms with van der Waals surface area (Å²) in [5.41, 5.74) is -0.751. The van der Waals surface area contributed by atoms with Gasteiger partial charge in [-0.25, -0.2) is 0 Å². The first kappa shape index (κ1) is 9.04. The Labute approximate surface area is 67.8 Å². The summed E-state index contributed by atoms with van der Waals surface area (Å²) in [6.07, 6.45) is -0.553. The van der Waals surface area contributed by atoms with Crippen molar-refractivity contribution in [3.05, 3.63) is 0 Å². The van der Waals surface area contributed by atoms with Gasteiger partial charge in [0.05, 0.1) is 12.7 Å². The molecule has 3 nitrogen and oxygen atoms in total. The molecule has 0 aromatic rings. The lowest BCUT2D eigenvalue weighted by Gasteiger charge is -2.25. The minimum absolute atomic E-state index is 0.0298. The van der Waals surface area contributed by atoms with E-state index in [2.05, 4.69) is 0 Å². The zero-order valence-electron chi connectivity index (χ0n) is 7.24. The van der Waals surface area contributed by atoms with Crippen LogP contribution in [0.25, 0.3) is 0 Å². The third-order valence-corrected chi connectivity index (χ3v) is 2.63. The van der Waals surface area contributed by atoms with E-state index in [0.29, 0.717) is 0 Å². The minimum atomic E-state index is -0.751. The normalized spacial score (nSPS) is 51.5. The van der Waals surface area contributed by atoms with Crippen molar-refractivity contribution in [3.63, 3.8) is 0 Å². The highest BCUT2D eigenvalue weighted by Gasteiger charge is 2.46. The van der Waals surface area contributed by atoms with Crippen LogP contribution in [0.15, 0.2) is 0 Å². The highest BCUT2D eigenvalue weighted by Crippen LogP contribution is 2.33. The largest absolute Gasteiger partial charge is 0.393 e. The van der Waals surface area contributed by atoms with Crippen molar-refractivity contribution < 1.29 is 14.9 Å². The van der Waals surface area contributed by atoms with Crippen LogP contribution in [0.1, 0.15) is 13.8 Å². The van der Waals surface area contributed by atoms with E-state index in [9.17, 15) is 5.11 Å². The Hall–Kier alpha value is -0.0551. The molecule has 1 aliphatic heterocycles. The lowest BCUT2D eigenvalue weighted by Crippen LogP contribution is -2.41. The van der Waals surface area contributed by atoms with Crippen molar-refractivity contribution in [2.24, 2.45) is 5.92 Å². The van der Waals surface area contributed by atoms with Gasteiger partial charge in [-0.1, -0.05) is 6.92 Å². The van der Waals surface area contributed by atoms with Crippen LogP contribution in [0.3, 0.4) is 0 Å². The molecule has 0 amide bonds. The van der Waals surface area contributed by atoms with Gasteiger partial charge in [0.1, 0.15) is 13.4 Å². The maximum Gasteiger partial charge on any atom is 0.139 e. The quantitative estimate of drug-likeness (QED) is 0.467. The van der Waals surface area contributed by atoms with Crippen LogP contribution in [-0.2, 0) is 4.74 Å². The lowest BCUT2D eigenvalue weighted by atomic mass is 9.84. The molecule has 1 saturated heterocycles. The third kappa shape index (κ3) is 1.30. The maximum absolute atomic E-state index is 9.60. The van der Waals surface area contributed by atoms with Crippen molar-refractivity contribution in [1.29, 1.82) is 0 Å². The fourth-order valence-electron chi connectivity index (χ4n) is 1.55. The number of ether oxygens (including phenoxy) is 1. The second-order valence-corrected chi connectivity index (χ2v) is 3.60. The molecule has 64 valence electrons. The van der Waals surface area contributed by atoms with Crippen LogP contribution < -0.4 is 0 Å². The molecule has 0 bridgehead atoms. The third-order valence-electron chi connectivity index (χ3n) is 2.63. The number of aliphatic hydroxyl groups excluding tert-OH is 2. The molecule has 0 aromatic heterocycles. The Kier molecular flexibility index (Phi) is 2.28. The van der Waals surface area contributed by atoms with E-state index in [4.69, 9.17) is 9.84 Å². The smallest absolute Gasteiger partial charge is 0.139 e. The fourth-order valence-corrected chi connectivity index (χ4v) is 1.55. The van der Waals surface area contributed by atoms with Gasteiger partial charge in [0.15, 0.2) is 0 Å². The Morgan fingerprint density at radius 2 is 2.18 bits per heavy atom. The van der Waals surface area contributed by atoms with Gasteiger partial charge in [0.25, 0.3) is 0 Å². The van der Waals surface area contributed by atoms with Crippen LogP contribution in [-0.4, -0.2) is 42.4 Å². The van der Waals surface area contributed by atoms with Crippen molar-refractivity contribution >= 4 is 7.85 Å². The summed E-state index contributed by atoms with van der Waals surface area (Å²) in [7, 11) is 1.91. The van der Waals surface area contributed by atoms with Crippen LogP contribution in [0.2, 0.25) is 0 Å². The van der Waals surface area contributed by atoms with Gasteiger partial charge >= 0.3 is 0 Å². The Balaban J connectivity index is 2.73. The van der Waals surface area contributed by atoms with Crippen molar-refractivity contribution in [3.8, 4) is 0 Å². The average Bonchev–Trinajstić information content (AvgIpc) is 2.17. The van der Waals surface area contributed by atoms with Gasteiger partial charge in [-0.15, -0.1) is 0 Å². The molecule has 0 aromatic carbocycles. The number of rotatable bonds is 1. The zero-order chi connectivity index (χ0) is 8.65. The highest BCUT2D eigenvalue weighted by atomic mass is 16.5. The van der Waals surface area contributed by atoms with E-state index in [-0.39, 0.29) is 18.5 Å². The monoisotopic (exact) mass is 158 g/mol. The SMILES string of the molecule is B[C@@H]1O[C@](C)(CO)C(O)[C@@H]1C. The second kappa shape index (κ2) is 2.77. The predicted molar refractivity (Wildman–Crippen MR) is 44.1 cm³/mol. The summed E-state index contributed by atoms with van der Waals surface area (Å²) >= 11 is 0. The maximum atomic E-state index is 9.60. The van der Waals surface area contributed by atoms with E-state index in [1.807, 2.05) is 14.8 Å². The summed E-state index contributed by atoms with van der Waals surface area (Å²) in [5.74, 6) is 0.104. The average molecular weight is 158 g/mol. The summed E-state index contributed by atoms with van der Waals surface area (Å²) in [6, 6.07) is 0.0298. The van der Waals surface area contributed by atoms with Crippen molar-refractivity contribution in [2.75, 3.05) is 6.61 Å². The Morgan fingerprint density at radius 1 is 1.64 bits per heavy atom. The van der Waals surface area contributed by atoms with Gasteiger partial charge in [0, 0.05) is 11.9 Å². The van der Waals surface area contributed by atoms with E-state index in [1.165, 1.54) is 0 Å². The Bertz CT molecular complexity index is 153. The lowest BCUT2D eigenvalue weighted by molar-refractivity contribution is -0.0847. The molecule has 0 aliphatic carbocycles. The van der Waals surface area contributed by atoms with Crippen LogP contribution in [0.5, 0.6) is 0 Å². The summed E-state index contributed by atoms with van der Waals surface area (Å²) < 4.78 is 5.42. The van der Waals surface area contributed by atoms with Crippen LogP contribution >= 0.6 is 0 Å².